The van der Waals surface area contributed by atoms with Crippen LogP contribution >= 0.6 is 0 Å². The molecule has 2 rings (SSSR count). The summed E-state index contributed by atoms with van der Waals surface area (Å²) in [6.45, 7) is 0.736. The first-order valence-electron chi connectivity index (χ1n) is 5.16. The number of nitrogens with two attached hydrogens (primary N) is 1. The fraction of sp³-hybridized carbons (Fsp3) is 0.417. The van der Waals surface area contributed by atoms with Gasteiger partial charge in [0.15, 0.2) is 0 Å². The van der Waals surface area contributed by atoms with Crippen LogP contribution in [0, 0.1) is 17.2 Å². The molecule has 0 bridgehead atoms. The molecule has 1 saturated carbocycles. The molecule has 0 radical (unpaired) electrons. The first-order valence-corrected chi connectivity index (χ1v) is 5.16. The number of nitrogens with zero attached hydrogens (tertiary/aromatic N) is 1. The van der Waals surface area contributed by atoms with Crippen molar-refractivity contribution in [3.8, 4) is 11.8 Å². The Labute approximate surface area is 89.5 Å². The highest BCUT2D eigenvalue weighted by Crippen LogP contribution is 2.26. The van der Waals surface area contributed by atoms with E-state index in [-0.39, 0.29) is 0 Å². The van der Waals surface area contributed by atoms with E-state index in [1.807, 2.05) is 12.1 Å². The summed E-state index contributed by atoms with van der Waals surface area (Å²) >= 11 is 0. The third-order valence-corrected chi connectivity index (χ3v) is 2.74. The Kier molecular flexibility index (Phi) is 2.89. The third-order valence-electron chi connectivity index (χ3n) is 2.74. The van der Waals surface area contributed by atoms with E-state index in [0.29, 0.717) is 17.5 Å². The van der Waals surface area contributed by atoms with Crippen molar-refractivity contribution in [2.24, 2.45) is 11.7 Å². The number of rotatable bonds is 3. The van der Waals surface area contributed by atoms with Gasteiger partial charge in [0, 0.05) is 6.04 Å². The van der Waals surface area contributed by atoms with Crippen LogP contribution in [0.4, 0.5) is 0 Å². The third kappa shape index (κ3) is 2.48. The van der Waals surface area contributed by atoms with Crippen molar-refractivity contribution in [3.63, 3.8) is 0 Å². The van der Waals surface area contributed by atoms with Crippen LogP contribution in [0.1, 0.15) is 18.4 Å². The zero-order chi connectivity index (χ0) is 10.7. The van der Waals surface area contributed by atoms with Gasteiger partial charge in [0.05, 0.1) is 18.2 Å². The molecule has 3 heteroatoms. The second kappa shape index (κ2) is 4.33. The van der Waals surface area contributed by atoms with E-state index in [9.17, 15) is 0 Å². The number of hydrogen-bond acceptors (Lipinski definition) is 3. The van der Waals surface area contributed by atoms with Crippen molar-refractivity contribution in [2.45, 2.75) is 18.9 Å². The Balaban J connectivity index is 1.81. The highest BCUT2D eigenvalue weighted by atomic mass is 16.5. The Hall–Kier alpha value is -1.53. The maximum atomic E-state index is 8.62. The van der Waals surface area contributed by atoms with Crippen LogP contribution in [0.15, 0.2) is 24.3 Å². The van der Waals surface area contributed by atoms with E-state index in [0.717, 1.165) is 25.2 Å². The molecule has 1 fully saturated rings. The molecule has 0 unspecified atom stereocenters. The lowest BCUT2D eigenvalue weighted by Crippen LogP contribution is -2.39. The molecule has 0 heterocycles. The van der Waals surface area contributed by atoms with Crippen LogP contribution in [0.2, 0.25) is 0 Å². The van der Waals surface area contributed by atoms with E-state index in [1.165, 1.54) is 0 Å². The minimum atomic E-state index is 0.375. The average Bonchev–Trinajstić information content (AvgIpc) is 2.23. The highest BCUT2D eigenvalue weighted by Gasteiger charge is 2.26. The minimum absolute atomic E-state index is 0.375. The molecule has 0 spiro atoms. The van der Waals surface area contributed by atoms with Crippen LogP contribution in [-0.4, -0.2) is 12.6 Å². The monoisotopic (exact) mass is 202 g/mol. The van der Waals surface area contributed by atoms with Gasteiger partial charge in [-0.2, -0.15) is 5.26 Å². The number of ether oxygens (including phenoxy) is 1. The van der Waals surface area contributed by atoms with E-state index >= 15 is 0 Å². The predicted molar refractivity (Wildman–Crippen MR) is 57.4 cm³/mol. The molecule has 1 aliphatic rings. The molecular weight excluding hydrogens is 188 g/mol. The van der Waals surface area contributed by atoms with Gasteiger partial charge in [-0.1, -0.05) is 0 Å². The molecule has 2 N–H and O–H groups in total. The molecule has 0 aromatic heterocycles. The Bertz CT molecular complexity index is 360. The lowest BCUT2D eigenvalue weighted by Gasteiger charge is -2.32. The van der Waals surface area contributed by atoms with Crippen molar-refractivity contribution in [1.29, 1.82) is 5.26 Å². The SMILES string of the molecule is N#Cc1ccc(OCC2CC(N)C2)cc1. The number of benzene rings is 1. The Morgan fingerprint density at radius 3 is 2.53 bits per heavy atom. The van der Waals surface area contributed by atoms with Crippen LogP contribution in [-0.2, 0) is 0 Å². The number of hydrogen-bond donors (Lipinski definition) is 1. The standard InChI is InChI=1S/C12H14N2O/c13-7-9-1-3-12(4-2-9)15-8-10-5-11(14)6-10/h1-4,10-11H,5-6,8,14H2. The van der Waals surface area contributed by atoms with Crippen molar-refractivity contribution >= 4 is 0 Å². The van der Waals surface area contributed by atoms with Crippen molar-refractivity contribution < 1.29 is 4.74 Å². The van der Waals surface area contributed by atoms with E-state index in [1.54, 1.807) is 12.1 Å². The quantitative estimate of drug-likeness (QED) is 0.811. The topological polar surface area (TPSA) is 59.0 Å². The van der Waals surface area contributed by atoms with Gasteiger partial charge in [0.25, 0.3) is 0 Å². The van der Waals surface area contributed by atoms with Crippen molar-refractivity contribution in [3.05, 3.63) is 29.8 Å². The van der Waals surface area contributed by atoms with Gasteiger partial charge in [-0.3, -0.25) is 0 Å². The minimum Gasteiger partial charge on any atom is -0.493 e. The lowest BCUT2D eigenvalue weighted by atomic mass is 9.82. The molecule has 15 heavy (non-hydrogen) atoms. The van der Waals surface area contributed by atoms with E-state index in [2.05, 4.69) is 6.07 Å². The lowest BCUT2D eigenvalue weighted by molar-refractivity contribution is 0.160. The van der Waals surface area contributed by atoms with E-state index < -0.39 is 0 Å². The second-order valence-electron chi connectivity index (χ2n) is 4.04. The molecule has 1 aliphatic carbocycles. The van der Waals surface area contributed by atoms with E-state index in [4.69, 9.17) is 15.7 Å². The summed E-state index contributed by atoms with van der Waals surface area (Å²) in [7, 11) is 0. The summed E-state index contributed by atoms with van der Waals surface area (Å²) in [6, 6.07) is 9.64. The van der Waals surface area contributed by atoms with Gasteiger partial charge in [0.2, 0.25) is 0 Å². The van der Waals surface area contributed by atoms with Crippen LogP contribution in [0.5, 0.6) is 5.75 Å². The molecule has 0 amide bonds. The van der Waals surface area contributed by atoms with Gasteiger partial charge in [-0.25, -0.2) is 0 Å². The Morgan fingerprint density at radius 2 is 2.00 bits per heavy atom. The first kappa shape index (κ1) is 10.0. The zero-order valence-electron chi connectivity index (χ0n) is 8.52. The molecule has 1 aromatic carbocycles. The van der Waals surface area contributed by atoms with Gasteiger partial charge in [0.1, 0.15) is 5.75 Å². The molecule has 0 atom stereocenters. The highest BCUT2D eigenvalue weighted by molar-refractivity contribution is 5.34. The fourth-order valence-corrected chi connectivity index (χ4v) is 1.76. The van der Waals surface area contributed by atoms with Crippen LogP contribution in [0.3, 0.4) is 0 Å². The Morgan fingerprint density at radius 1 is 1.33 bits per heavy atom. The largest absolute Gasteiger partial charge is 0.493 e. The summed E-state index contributed by atoms with van der Waals surface area (Å²) in [4.78, 5) is 0. The zero-order valence-corrected chi connectivity index (χ0v) is 8.52. The fourth-order valence-electron chi connectivity index (χ4n) is 1.76. The molecule has 0 saturated heterocycles. The van der Waals surface area contributed by atoms with Gasteiger partial charge in [-0.15, -0.1) is 0 Å². The molecule has 1 aromatic rings. The maximum Gasteiger partial charge on any atom is 0.119 e. The molecule has 0 aliphatic heterocycles. The average molecular weight is 202 g/mol. The summed E-state index contributed by atoms with van der Waals surface area (Å²) < 4.78 is 5.59. The smallest absolute Gasteiger partial charge is 0.119 e. The first-order chi connectivity index (χ1) is 7.28. The summed E-state index contributed by atoms with van der Waals surface area (Å²) in [5.41, 5.74) is 6.34. The van der Waals surface area contributed by atoms with Crippen molar-refractivity contribution in [2.75, 3.05) is 6.61 Å². The van der Waals surface area contributed by atoms with Crippen molar-refractivity contribution in [1.82, 2.24) is 0 Å². The van der Waals surface area contributed by atoms with Crippen LogP contribution in [0.25, 0.3) is 0 Å². The second-order valence-corrected chi connectivity index (χ2v) is 4.04. The number of nitriles is 1. The predicted octanol–water partition coefficient (Wildman–Crippen LogP) is 1.67. The van der Waals surface area contributed by atoms with Gasteiger partial charge >= 0.3 is 0 Å². The van der Waals surface area contributed by atoms with Gasteiger partial charge in [-0.05, 0) is 43.0 Å². The van der Waals surface area contributed by atoms with Crippen LogP contribution < -0.4 is 10.5 Å². The normalized spacial score (nSPS) is 24.0. The summed E-state index contributed by atoms with van der Waals surface area (Å²) in [5, 5.41) is 8.62. The van der Waals surface area contributed by atoms with Gasteiger partial charge < -0.3 is 10.5 Å². The molecule has 3 nitrogen and oxygen atoms in total. The maximum absolute atomic E-state index is 8.62. The molecular formula is C12H14N2O. The summed E-state index contributed by atoms with van der Waals surface area (Å²) in [5.74, 6) is 1.44. The summed E-state index contributed by atoms with van der Waals surface area (Å²) in [6.07, 6.45) is 2.13. The molecule has 78 valence electrons.